The summed E-state index contributed by atoms with van der Waals surface area (Å²) in [5, 5.41) is 11.2. The molecule has 32 heavy (non-hydrogen) atoms. The van der Waals surface area contributed by atoms with E-state index < -0.39 is 4.92 Å². The zero-order valence-electron chi connectivity index (χ0n) is 18.0. The van der Waals surface area contributed by atoms with Crippen LogP contribution in [0.15, 0.2) is 66.9 Å². The van der Waals surface area contributed by atoms with Gasteiger partial charge in [-0.2, -0.15) is 0 Å². The van der Waals surface area contributed by atoms with E-state index in [0.29, 0.717) is 25.4 Å². The highest BCUT2D eigenvalue weighted by atomic mass is 16.6. The summed E-state index contributed by atoms with van der Waals surface area (Å²) in [6.45, 7) is 0.839. The summed E-state index contributed by atoms with van der Waals surface area (Å²) in [6.07, 6.45) is 2.20. The predicted octanol–water partition coefficient (Wildman–Crippen LogP) is 4.02. The van der Waals surface area contributed by atoms with Crippen LogP contribution in [0.25, 0.3) is 11.1 Å². The van der Waals surface area contributed by atoms with Gasteiger partial charge in [-0.05, 0) is 29.8 Å². The van der Waals surface area contributed by atoms with Gasteiger partial charge in [0, 0.05) is 56.6 Å². The fraction of sp³-hybridized carbons (Fsp3) is 0.250. The molecule has 0 bridgehead atoms. The molecule has 2 heterocycles. The van der Waals surface area contributed by atoms with E-state index in [1.54, 1.807) is 23.2 Å². The van der Waals surface area contributed by atoms with Crippen molar-refractivity contribution >= 4 is 17.3 Å². The summed E-state index contributed by atoms with van der Waals surface area (Å²) in [5.74, 6) is 0.136. The average Bonchev–Trinajstić information content (AvgIpc) is 3.27. The van der Waals surface area contributed by atoms with Gasteiger partial charge in [-0.15, -0.1) is 0 Å². The highest BCUT2D eigenvalue weighted by Crippen LogP contribution is 2.26. The largest absolute Gasteiger partial charge is 0.472 e. The van der Waals surface area contributed by atoms with E-state index in [0.717, 1.165) is 16.8 Å². The minimum Gasteiger partial charge on any atom is -0.472 e. The number of anilines is 1. The average molecular weight is 432 g/mol. The third-order valence-corrected chi connectivity index (χ3v) is 5.50. The normalized spacial score (nSPS) is 15.4. The molecule has 0 radical (unpaired) electrons. The van der Waals surface area contributed by atoms with Gasteiger partial charge < -0.3 is 14.5 Å². The summed E-state index contributed by atoms with van der Waals surface area (Å²) in [7, 11) is 4.00. The van der Waals surface area contributed by atoms with Crippen LogP contribution in [-0.4, -0.2) is 54.0 Å². The van der Waals surface area contributed by atoms with E-state index >= 15 is 0 Å². The Morgan fingerprint density at radius 2 is 1.81 bits per heavy atom. The van der Waals surface area contributed by atoms with E-state index in [2.05, 4.69) is 29.2 Å². The second-order valence-corrected chi connectivity index (χ2v) is 7.88. The Kier molecular flexibility index (Phi) is 6.02. The van der Waals surface area contributed by atoms with E-state index in [9.17, 15) is 14.9 Å². The lowest BCUT2D eigenvalue weighted by Crippen LogP contribution is -2.31. The van der Waals surface area contributed by atoms with E-state index in [1.165, 1.54) is 12.1 Å². The van der Waals surface area contributed by atoms with Crippen LogP contribution in [0.2, 0.25) is 0 Å². The van der Waals surface area contributed by atoms with Crippen molar-refractivity contribution in [3.05, 3.63) is 82.5 Å². The lowest BCUT2D eigenvalue weighted by molar-refractivity contribution is -0.385. The van der Waals surface area contributed by atoms with Crippen molar-refractivity contribution in [2.75, 3.05) is 32.1 Å². The number of pyridine rings is 1. The van der Waals surface area contributed by atoms with Gasteiger partial charge >= 0.3 is 0 Å². The van der Waals surface area contributed by atoms with Gasteiger partial charge in [0.15, 0.2) is 0 Å². The minimum atomic E-state index is -0.531. The molecule has 1 amide bonds. The number of carbonyl (C=O) groups excluding carboxylic acids is 1. The second-order valence-electron chi connectivity index (χ2n) is 7.88. The molecule has 0 saturated carbocycles. The minimum absolute atomic E-state index is 0.0981. The Morgan fingerprint density at radius 3 is 2.47 bits per heavy atom. The Bertz CT molecular complexity index is 1110. The number of likely N-dealkylation sites (tertiary alicyclic amines) is 1. The molecule has 0 aliphatic carbocycles. The maximum Gasteiger partial charge on any atom is 0.282 e. The van der Waals surface area contributed by atoms with Crippen LogP contribution >= 0.6 is 0 Å². The summed E-state index contributed by atoms with van der Waals surface area (Å²) in [5.41, 5.74) is 3.10. The molecule has 3 aromatic rings. The van der Waals surface area contributed by atoms with Crippen molar-refractivity contribution in [3.8, 4) is 17.0 Å². The van der Waals surface area contributed by atoms with Gasteiger partial charge in [0.25, 0.3) is 11.6 Å². The molecule has 164 valence electrons. The van der Waals surface area contributed by atoms with Crippen molar-refractivity contribution in [2.24, 2.45) is 0 Å². The molecular formula is C24H24N4O4. The molecule has 1 aliphatic heterocycles. The van der Waals surface area contributed by atoms with Crippen LogP contribution in [0.3, 0.4) is 0 Å². The summed E-state index contributed by atoms with van der Waals surface area (Å²) >= 11 is 0. The molecule has 1 aromatic heterocycles. The molecule has 1 atom stereocenters. The first kappa shape index (κ1) is 21.3. The summed E-state index contributed by atoms with van der Waals surface area (Å²) in [4.78, 5) is 31.5. The number of benzene rings is 2. The Hall–Kier alpha value is -3.94. The highest BCUT2D eigenvalue weighted by Gasteiger charge is 2.31. The van der Waals surface area contributed by atoms with Gasteiger partial charge in [-0.3, -0.25) is 14.9 Å². The van der Waals surface area contributed by atoms with Gasteiger partial charge in [-0.25, -0.2) is 4.98 Å². The summed E-state index contributed by atoms with van der Waals surface area (Å²) in [6, 6.07) is 18.0. The SMILES string of the molecule is CN(C)c1ccc(-c2ccc(O[C@@H]3CCN(C(=O)c4ccccc4[N+](=O)[O-])C3)nc2)cc1. The number of carbonyl (C=O) groups is 1. The van der Waals surface area contributed by atoms with Gasteiger partial charge in [0.1, 0.15) is 11.7 Å². The zero-order valence-corrected chi connectivity index (χ0v) is 18.0. The Labute approximate surface area is 186 Å². The molecule has 1 saturated heterocycles. The van der Waals surface area contributed by atoms with E-state index in [-0.39, 0.29) is 23.3 Å². The maximum absolute atomic E-state index is 12.8. The first-order chi connectivity index (χ1) is 15.4. The first-order valence-corrected chi connectivity index (χ1v) is 10.4. The van der Waals surface area contributed by atoms with Gasteiger partial charge in [0.05, 0.1) is 11.5 Å². The standard InChI is InChI=1S/C24H24N4O4/c1-26(2)19-10-7-17(8-11-19)18-9-12-23(25-15-18)32-20-13-14-27(16-20)24(29)21-5-3-4-6-22(21)28(30)31/h3-12,15,20H,13-14,16H2,1-2H3/t20-/m1/s1. The molecule has 0 N–H and O–H groups in total. The van der Waals surface area contributed by atoms with E-state index in [1.807, 2.05) is 31.1 Å². The predicted molar refractivity (Wildman–Crippen MR) is 122 cm³/mol. The molecule has 1 fully saturated rings. The lowest BCUT2D eigenvalue weighted by atomic mass is 10.1. The second kappa shape index (κ2) is 9.05. The van der Waals surface area contributed by atoms with Crippen molar-refractivity contribution in [2.45, 2.75) is 12.5 Å². The first-order valence-electron chi connectivity index (χ1n) is 10.4. The van der Waals surface area contributed by atoms with Gasteiger partial charge in [-0.1, -0.05) is 24.3 Å². The number of nitrogens with zero attached hydrogens (tertiary/aromatic N) is 4. The Morgan fingerprint density at radius 1 is 1.09 bits per heavy atom. The topological polar surface area (TPSA) is 88.8 Å². The molecule has 0 unspecified atom stereocenters. The molecule has 8 heteroatoms. The highest BCUT2D eigenvalue weighted by molar-refractivity contribution is 5.98. The number of para-hydroxylation sites is 1. The molecule has 4 rings (SSSR count). The Balaban J connectivity index is 1.39. The molecule has 0 spiro atoms. The molecular weight excluding hydrogens is 408 g/mol. The fourth-order valence-corrected chi connectivity index (χ4v) is 3.74. The molecule has 2 aromatic carbocycles. The number of nitro groups is 1. The number of ether oxygens (including phenoxy) is 1. The number of hydrogen-bond acceptors (Lipinski definition) is 6. The third-order valence-electron chi connectivity index (χ3n) is 5.50. The molecule has 1 aliphatic rings. The van der Waals surface area contributed by atoms with Crippen LogP contribution in [0.1, 0.15) is 16.8 Å². The van der Waals surface area contributed by atoms with Crippen LogP contribution in [-0.2, 0) is 0 Å². The number of rotatable bonds is 6. The number of hydrogen-bond donors (Lipinski definition) is 0. The number of nitro benzene ring substituents is 1. The van der Waals surface area contributed by atoms with Crippen molar-refractivity contribution < 1.29 is 14.5 Å². The van der Waals surface area contributed by atoms with Crippen molar-refractivity contribution in [1.29, 1.82) is 0 Å². The van der Waals surface area contributed by atoms with Crippen molar-refractivity contribution in [3.63, 3.8) is 0 Å². The van der Waals surface area contributed by atoms with Crippen LogP contribution in [0.4, 0.5) is 11.4 Å². The molecule has 8 nitrogen and oxygen atoms in total. The fourth-order valence-electron chi connectivity index (χ4n) is 3.74. The van der Waals surface area contributed by atoms with Crippen LogP contribution in [0.5, 0.6) is 5.88 Å². The smallest absolute Gasteiger partial charge is 0.282 e. The summed E-state index contributed by atoms with van der Waals surface area (Å²) < 4.78 is 5.97. The monoisotopic (exact) mass is 432 g/mol. The van der Waals surface area contributed by atoms with Crippen LogP contribution < -0.4 is 9.64 Å². The lowest BCUT2D eigenvalue weighted by Gasteiger charge is -2.17. The van der Waals surface area contributed by atoms with E-state index in [4.69, 9.17) is 4.74 Å². The quantitative estimate of drug-likeness (QED) is 0.432. The van der Waals surface area contributed by atoms with Crippen LogP contribution in [0, 0.1) is 10.1 Å². The van der Waals surface area contributed by atoms with Gasteiger partial charge in [0.2, 0.25) is 5.88 Å². The van der Waals surface area contributed by atoms with Crippen molar-refractivity contribution in [1.82, 2.24) is 9.88 Å². The third kappa shape index (κ3) is 4.54. The number of amides is 1. The maximum atomic E-state index is 12.8. The zero-order chi connectivity index (χ0) is 22.7. The number of aromatic nitrogens is 1.